The highest BCUT2D eigenvalue weighted by Gasteiger charge is 2.21. The number of H-pyrrole nitrogens is 1. The van der Waals surface area contributed by atoms with E-state index in [1.807, 2.05) is 18.3 Å². The zero-order valence-electron chi connectivity index (χ0n) is 14.0. The first-order chi connectivity index (χ1) is 11.7. The minimum absolute atomic E-state index is 0.00881. The molecular formula is C19H23N3O2. The van der Waals surface area contributed by atoms with E-state index in [2.05, 4.69) is 22.4 Å². The van der Waals surface area contributed by atoms with Crippen LogP contribution in [0.5, 0.6) is 0 Å². The van der Waals surface area contributed by atoms with Crippen molar-refractivity contribution in [2.75, 3.05) is 13.2 Å². The molecule has 24 heavy (non-hydrogen) atoms. The van der Waals surface area contributed by atoms with Gasteiger partial charge in [0.15, 0.2) is 0 Å². The van der Waals surface area contributed by atoms with E-state index in [4.69, 9.17) is 4.74 Å². The van der Waals surface area contributed by atoms with Gasteiger partial charge in [-0.3, -0.25) is 9.89 Å². The van der Waals surface area contributed by atoms with E-state index >= 15 is 0 Å². The van der Waals surface area contributed by atoms with Crippen LogP contribution in [0.1, 0.15) is 46.3 Å². The number of hydrogen-bond acceptors (Lipinski definition) is 3. The first-order valence-electron chi connectivity index (χ1n) is 8.78. The molecule has 4 rings (SSSR count). The highest BCUT2D eigenvalue weighted by atomic mass is 16.5. The quantitative estimate of drug-likeness (QED) is 0.912. The molecule has 1 fully saturated rings. The largest absolute Gasteiger partial charge is 0.376 e. The van der Waals surface area contributed by atoms with Gasteiger partial charge in [0, 0.05) is 24.3 Å². The molecule has 2 aromatic rings. The summed E-state index contributed by atoms with van der Waals surface area (Å²) in [7, 11) is 0. The number of aromatic amines is 1. The monoisotopic (exact) mass is 325 g/mol. The fraction of sp³-hybridized carbons (Fsp3) is 0.474. The van der Waals surface area contributed by atoms with Crippen LogP contribution in [0.3, 0.4) is 0 Å². The smallest absolute Gasteiger partial charge is 0.251 e. The van der Waals surface area contributed by atoms with Crippen molar-refractivity contribution in [3.63, 3.8) is 0 Å². The first kappa shape index (κ1) is 15.4. The third-order valence-electron chi connectivity index (χ3n) is 5.05. The van der Waals surface area contributed by atoms with Crippen molar-refractivity contribution in [3.05, 3.63) is 40.6 Å². The third kappa shape index (κ3) is 2.84. The average molecular weight is 325 g/mol. The van der Waals surface area contributed by atoms with Gasteiger partial charge in [-0.25, -0.2) is 0 Å². The number of aromatic nitrogens is 2. The summed E-state index contributed by atoms with van der Waals surface area (Å²) < 4.78 is 5.57. The van der Waals surface area contributed by atoms with E-state index in [0.717, 1.165) is 55.5 Å². The molecule has 0 bridgehead atoms. The van der Waals surface area contributed by atoms with Crippen LogP contribution in [0, 0.1) is 6.92 Å². The number of hydrogen-bond donors (Lipinski definition) is 2. The summed E-state index contributed by atoms with van der Waals surface area (Å²) in [6.45, 7) is 3.48. The number of nitrogens with zero attached hydrogens (tertiary/aromatic N) is 1. The van der Waals surface area contributed by atoms with Gasteiger partial charge in [0.05, 0.1) is 18.0 Å². The number of benzene rings is 1. The maximum absolute atomic E-state index is 12.5. The second-order valence-electron chi connectivity index (χ2n) is 6.80. The van der Waals surface area contributed by atoms with Crippen LogP contribution in [0.2, 0.25) is 0 Å². The molecule has 2 aliphatic rings. The van der Waals surface area contributed by atoms with E-state index in [-0.39, 0.29) is 12.0 Å². The van der Waals surface area contributed by atoms with Crippen molar-refractivity contribution in [2.24, 2.45) is 0 Å². The van der Waals surface area contributed by atoms with Crippen LogP contribution in [-0.2, 0) is 17.6 Å². The first-order valence-corrected chi connectivity index (χ1v) is 8.78. The molecule has 0 saturated carbocycles. The van der Waals surface area contributed by atoms with Gasteiger partial charge in [0.1, 0.15) is 0 Å². The van der Waals surface area contributed by atoms with Gasteiger partial charge in [0.25, 0.3) is 5.91 Å². The molecular weight excluding hydrogens is 302 g/mol. The average Bonchev–Trinajstić information content (AvgIpc) is 3.21. The molecule has 0 radical (unpaired) electrons. The highest BCUT2D eigenvalue weighted by molar-refractivity contribution is 5.95. The maximum atomic E-state index is 12.5. The summed E-state index contributed by atoms with van der Waals surface area (Å²) in [6, 6.07) is 4.03. The standard InChI is InChI=1S/C19H23N3O2/c1-12-8-15(19(23)20-11-16-6-3-7-24-16)9-13-4-2-5-14-10-21-22-18(14)17(12)13/h8-10,16H,2-7,11H2,1H3,(H,20,23)(H,21,22)/t16-/m0/s1. The van der Waals surface area contributed by atoms with Crippen molar-refractivity contribution < 1.29 is 9.53 Å². The number of ether oxygens (including phenoxy) is 1. The summed E-state index contributed by atoms with van der Waals surface area (Å²) in [6.07, 6.45) is 7.32. The topological polar surface area (TPSA) is 67.0 Å². The minimum Gasteiger partial charge on any atom is -0.376 e. The van der Waals surface area contributed by atoms with Gasteiger partial charge in [-0.2, -0.15) is 5.10 Å². The van der Waals surface area contributed by atoms with Crippen molar-refractivity contribution in [3.8, 4) is 11.3 Å². The zero-order chi connectivity index (χ0) is 16.5. The molecule has 126 valence electrons. The number of carbonyl (C=O) groups excluding carboxylic acids is 1. The van der Waals surface area contributed by atoms with Crippen molar-refractivity contribution >= 4 is 5.91 Å². The Kier molecular flexibility index (Phi) is 4.10. The molecule has 1 aromatic carbocycles. The van der Waals surface area contributed by atoms with Crippen molar-refractivity contribution in [2.45, 2.75) is 45.1 Å². The molecule has 5 heteroatoms. The second kappa shape index (κ2) is 6.40. The Labute approximate surface area is 141 Å². The Bertz CT molecular complexity index is 760. The zero-order valence-corrected chi connectivity index (χ0v) is 14.0. The van der Waals surface area contributed by atoms with Crippen LogP contribution in [0.25, 0.3) is 11.3 Å². The number of amides is 1. The Balaban J connectivity index is 1.59. The Morgan fingerprint density at radius 1 is 1.33 bits per heavy atom. The number of nitrogens with one attached hydrogen (secondary N) is 2. The van der Waals surface area contributed by atoms with Crippen molar-refractivity contribution in [1.82, 2.24) is 15.5 Å². The van der Waals surface area contributed by atoms with Crippen LogP contribution < -0.4 is 5.32 Å². The fourth-order valence-electron chi connectivity index (χ4n) is 3.85. The molecule has 1 atom stereocenters. The van der Waals surface area contributed by atoms with Crippen LogP contribution >= 0.6 is 0 Å². The molecule has 0 unspecified atom stereocenters. The SMILES string of the molecule is Cc1cc(C(=O)NC[C@@H]2CCCO2)cc2c1-c1[nH]ncc1CCC2. The van der Waals surface area contributed by atoms with E-state index in [1.165, 1.54) is 16.7 Å². The fourth-order valence-corrected chi connectivity index (χ4v) is 3.85. The van der Waals surface area contributed by atoms with E-state index in [1.54, 1.807) is 0 Å². The van der Waals surface area contributed by atoms with E-state index in [9.17, 15) is 4.79 Å². The molecule has 2 N–H and O–H groups in total. The molecule has 1 aliphatic carbocycles. The minimum atomic E-state index is -0.00881. The maximum Gasteiger partial charge on any atom is 0.251 e. The van der Waals surface area contributed by atoms with Crippen LogP contribution in [0.4, 0.5) is 0 Å². The highest BCUT2D eigenvalue weighted by Crippen LogP contribution is 2.34. The number of fused-ring (bicyclic) bond motifs is 3. The van der Waals surface area contributed by atoms with Gasteiger partial charge < -0.3 is 10.1 Å². The van der Waals surface area contributed by atoms with Gasteiger partial charge in [0.2, 0.25) is 0 Å². The Morgan fingerprint density at radius 2 is 2.21 bits per heavy atom. The summed E-state index contributed by atoms with van der Waals surface area (Å²) in [5.41, 5.74) is 6.71. The van der Waals surface area contributed by atoms with Crippen LogP contribution in [0.15, 0.2) is 18.3 Å². The predicted octanol–water partition coefficient (Wildman–Crippen LogP) is 2.78. The molecule has 5 nitrogen and oxygen atoms in total. The molecule has 2 heterocycles. The lowest BCUT2D eigenvalue weighted by molar-refractivity contribution is 0.0857. The summed E-state index contributed by atoms with van der Waals surface area (Å²) in [4.78, 5) is 12.5. The lowest BCUT2D eigenvalue weighted by Gasteiger charge is -2.14. The molecule has 0 spiro atoms. The molecule has 1 aromatic heterocycles. The summed E-state index contributed by atoms with van der Waals surface area (Å²) in [5, 5.41) is 10.4. The normalized spacial score (nSPS) is 19.5. The Morgan fingerprint density at radius 3 is 3.04 bits per heavy atom. The number of aryl methyl sites for hydroxylation is 3. The van der Waals surface area contributed by atoms with Crippen LogP contribution in [-0.4, -0.2) is 35.4 Å². The number of carbonyl (C=O) groups is 1. The van der Waals surface area contributed by atoms with E-state index < -0.39 is 0 Å². The second-order valence-corrected chi connectivity index (χ2v) is 6.80. The molecule has 1 amide bonds. The van der Waals surface area contributed by atoms with Gasteiger partial charge in [-0.05, 0) is 67.9 Å². The van der Waals surface area contributed by atoms with Gasteiger partial charge in [-0.15, -0.1) is 0 Å². The Hall–Kier alpha value is -2.14. The number of rotatable bonds is 3. The van der Waals surface area contributed by atoms with E-state index in [0.29, 0.717) is 6.54 Å². The van der Waals surface area contributed by atoms with Gasteiger partial charge in [-0.1, -0.05) is 0 Å². The predicted molar refractivity (Wildman–Crippen MR) is 92.1 cm³/mol. The molecule has 1 aliphatic heterocycles. The van der Waals surface area contributed by atoms with Crippen molar-refractivity contribution in [1.29, 1.82) is 0 Å². The summed E-state index contributed by atoms with van der Waals surface area (Å²) in [5.74, 6) is -0.00881. The van der Waals surface area contributed by atoms with Gasteiger partial charge >= 0.3 is 0 Å². The lowest BCUT2D eigenvalue weighted by Crippen LogP contribution is -2.31. The molecule has 1 saturated heterocycles. The lowest BCUT2D eigenvalue weighted by atomic mass is 9.94. The third-order valence-corrected chi connectivity index (χ3v) is 5.05. The summed E-state index contributed by atoms with van der Waals surface area (Å²) >= 11 is 0.